The fraction of sp³-hybridized carbons (Fsp3) is 0.188. The summed E-state index contributed by atoms with van der Waals surface area (Å²) in [5.74, 6) is -0.850. The van der Waals surface area contributed by atoms with Gasteiger partial charge in [0, 0.05) is 11.7 Å². The van der Waals surface area contributed by atoms with Gasteiger partial charge < -0.3 is 15.8 Å². The Kier molecular flexibility index (Phi) is 4.90. The van der Waals surface area contributed by atoms with E-state index in [4.69, 9.17) is 10.5 Å². The van der Waals surface area contributed by atoms with Crippen LogP contribution >= 0.6 is 0 Å². The lowest BCUT2D eigenvalue weighted by atomic mass is 10.1. The molecule has 0 radical (unpaired) electrons. The van der Waals surface area contributed by atoms with Crippen LogP contribution in [0, 0.1) is 5.82 Å². The first-order valence-corrected chi connectivity index (χ1v) is 6.59. The number of carbonyl (C=O) groups excluding carboxylic acids is 1. The van der Waals surface area contributed by atoms with E-state index in [2.05, 4.69) is 5.32 Å². The molecule has 5 heteroatoms. The zero-order valence-electron chi connectivity index (χ0n) is 11.7. The maximum Gasteiger partial charge on any atom is 0.262 e. The van der Waals surface area contributed by atoms with E-state index in [9.17, 15) is 9.18 Å². The van der Waals surface area contributed by atoms with Crippen molar-refractivity contribution in [3.05, 3.63) is 59.9 Å². The highest BCUT2D eigenvalue weighted by Crippen LogP contribution is 2.21. The molecule has 1 atom stereocenters. The van der Waals surface area contributed by atoms with Crippen LogP contribution in [0.2, 0.25) is 0 Å². The lowest BCUT2D eigenvalue weighted by Crippen LogP contribution is -2.20. The third-order valence-corrected chi connectivity index (χ3v) is 2.90. The van der Waals surface area contributed by atoms with Crippen LogP contribution in [0.5, 0.6) is 5.75 Å². The number of hydrogen-bond donors (Lipinski definition) is 2. The average molecular weight is 288 g/mol. The van der Waals surface area contributed by atoms with Crippen LogP contribution in [-0.4, -0.2) is 12.5 Å². The first-order chi connectivity index (χ1) is 10.1. The number of carbonyl (C=O) groups is 1. The number of nitrogens with one attached hydrogen (secondary N) is 1. The molecule has 2 aromatic rings. The molecule has 4 nitrogen and oxygen atoms in total. The van der Waals surface area contributed by atoms with Gasteiger partial charge >= 0.3 is 0 Å². The minimum Gasteiger partial charge on any atom is -0.481 e. The summed E-state index contributed by atoms with van der Waals surface area (Å²) in [6.07, 6.45) is 0. The number of anilines is 1. The highest BCUT2D eigenvalue weighted by molar-refractivity contribution is 5.91. The number of amides is 1. The number of rotatable bonds is 5. The number of benzene rings is 2. The van der Waals surface area contributed by atoms with Crippen molar-refractivity contribution < 1.29 is 13.9 Å². The lowest BCUT2D eigenvalue weighted by Gasteiger charge is -2.10. The van der Waals surface area contributed by atoms with Crippen LogP contribution in [0.15, 0.2) is 48.5 Å². The minimum absolute atomic E-state index is 0.0302. The van der Waals surface area contributed by atoms with Crippen molar-refractivity contribution in [2.24, 2.45) is 5.73 Å². The van der Waals surface area contributed by atoms with Crippen LogP contribution in [0.3, 0.4) is 0 Å². The second-order valence-corrected chi connectivity index (χ2v) is 4.68. The summed E-state index contributed by atoms with van der Waals surface area (Å²) >= 11 is 0. The van der Waals surface area contributed by atoms with Gasteiger partial charge in [-0.05, 0) is 36.8 Å². The quantitative estimate of drug-likeness (QED) is 0.889. The van der Waals surface area contributed by atoms with Crippen LogP contribution in [0.4, 0.5) is 10.1 Å². The van der Waals surface area contributed by atoms with Crippen LogP contribution in [-0.2, 0) is 4.79 Å². The molecule has 0 heterocycles. The molecule has 2 rings (SSSR count). The molecule has 0 spiro atoms. The van der Waals surface area contributed by atoms with Crippen LogP contribution < -0.4 is 15.8 Å². The second-order valence-electron chi connectivity index (χ2n) is 4.68. The molecule has 0 saturated carbocycles. The molecule has 0 bridgehead atoms. The van der Waals surface area contributed by atoms with Crippen molar-refractivity contribution in [3.8, 4) is 5.75 Å². The van der Waals surface area contributed by atoms with E-state index < -0.39 is 5.82 Å². The number of hydrogen-bond acceptors (Lipinski definition) is 3. The Hall–Kier alpha value is -2.40. The van der Waals surface area contributed by atoms with Crippen molar-refractivity contribution in [2.75, 3.05) is 11.9 Å². The predicted molar refractivity (Wildman–Crippen MR) is 79.6 cm³/mol. The molecule has 2 aromatic carbocycles. The molecule has 0 aliphatic heterocycles. The fourth-order valence-electron chi connectivity index (χ4n) is 1.78. The van der Waals surface area contributed by atoms with E-state index in [-0.39, 0.29) is 24.3 Å². The molecule has 0 aromatic heterocycles. The Labute approximate surface area is 122 Å². The zero-order chi connectivity index (χ0) is 15.2. The molecule has 21 heavy (non-hydrogen) atoms. The Morgan fingerprint density at radius 2 is 2.00 bits per heavy atom. The molecular weight excluding hydrogens is 271 g/mol. The molecule has 0 saturated heterocycles. The van der Waals surface area contributed by atoms with Gasteiger partial charge in [-0.15, -0.1) is 0 Å². The van der Waals surface area contributed by atoms with E-state index in [0.717, 1.165) is 0 Å². The van der Waals surface area contributed by atoms with E-state index in [0.29, 0.717) is 11.3 Å². The summed E-state index contributed by atoms with van der Waals surface area (Å²) in [6, 6.07) is 13.2. The first-order valence-electron chi connectivity index (χ1n) is 6.59. The lowest BCUT2D eigenvalue weighted by molar-refractivity contribution is -0.118. The van der Waals surface area contributed by atoms with Gasteiger partial charge in [-0.25, -0.2) is 4.39 Å². The van der Waals surface area contributed by atoms with Gasteiger partial charge in [0.25, 0.3) is 5.91 Å². The van der Waals surface area contributed by atoms with Gasteiger partial charge in [0.15, 0.2) is 18.2 Å². The fourth-order valence-corrected chi connectivity index (χ4v) is 1.78. The normalized spacial score (nSPS) is 11.8. The second kappa shape index (κ2) is 6.85. The molecule has 1 amide bonds. The summed E-state index contributed by atoms with van der Waals surface area (Å²) in [5, 5.41) is 2.65. The maximum atomic E-state index is 13.8. The van der Waals surface area contributed by atoms with Gasteiger partial charge in [-0.3, -0.25) is 4.79 Å². The molecule has 1 unspecified atom stereocenters. The zero-order valence-corrected chi connectivity index (χ0v) is 11.7. The monoisotopic (exact) mass is 288 g/mol. The largest absolute Gasteiger partial charge is 0.481 e. The van der Waals surface area contributed by atoms with Crippen LogP contribution in [0.25, 0.3) is 0 Å². The highest BCUT2D eigenvalue weighted by atomic mass is 19.1. The summed E-state index contributed by atoms with van der Waals surface area (Å²) < 4.78 is 19.0. The van der Waals surface area contributed by atoms with Crippen molar-refractivity contribution >= 4 is 11.6 Å². The van der Waals surface area contributed by atoms with Crippen molar-refractivity contribution in [3.63, 3.8) is 0 Å². The van der Waals surface area contributed by atoms with E-state index in [1.54, 1.807) is 25.1 Å². The standard InChI is InChI=1S/C16H17FN2O2/c1-11(18)12-7-8-15(14(17)9-12)21-10-16(20)19-13-5-3-2-4-6-13/h2-9,11H,10,18H2,1H3,(H,19,20). The molecule has 3 N–H and O–H groups in total. The minimum atomic E-state index is -0.530. The maximum absolute atomic E-state index is 13.8. The van der Waals surface area contributed by atoms with Crippen molar-refractivity contribution in [1.29, 1.82) is 0 Å². The van der Waals surface area contributed by atoms with Gasteiger partial charge in [0.1, 0.15) is 0 Å². The van der Waals surface area contributed by atoms with Crippen molar-refractivity contribution in [1.82, 2.24) is 0 Å². The molecule has 0 aliphatic carbocycles. The summed E-state index contributed by atoms with van der Waals surface area (Å²) in [7, 11) is 0. The van der Waals surface area contributed by atoms with Crippen molar-refractivity contribution in [2.45, 2.75) is 13.0 Å². The predicted octanol–water partition coefficient (Wildman–Crippen LogP) is 2.86. The highest BCUT2D eigenvalue weighted by Gasteiger charge is 2.09. The number of ether oxygens (including phenoxy) is 1. The Bertz CT molecular complexity index is 615. The third kappa shape index (κ3) is 4.29. The Morgan fingerprint density at radius 3 is 2.62 bits per heavy atom. The third-order valence-electron chi connectivity index (χ3n) is 2.90. The number of para-hydroxylation sites is 1. The average Bonchev–Trinajstić information content (AvgIpc) is 2.47. The molecule has 0 fully saturated rings. The Morgan fingerprint density at radius 1 is 1.29 bits per heavy atom. The van der Waals surface area contributed by atoms with Gasteiger partial charge in [-0.2, -0.15) is 0 Å². The van der Waals surface area contributed by atoms with Gasteiger partial charge in [0.2, 0.25) is 0 Å². The number of halogens is 1. The van der Waals surface area contributed by atoms with E-state index in [1.165, 1.54) is 12.1 Å². The van der Waals surface area contributed by atoms with Crippen LogP contribution in [0.1, 0.15) is 18.5 Å². The van der Waals surface area contributed by atoms with E-state index >= 15 is 0 Å². The summed E-state index contributed by atoms with van der Waals surface area (Å²) in [4.78, 5) is 11.7. The summed E-state index contributed by atoms with van der Waals surface area (Å²) in [5.41, 5.74) is 7.01. The van der Waals surface area contributed by atoms with E-state index in [1.807, 2.05) is 18.2 Å². The number of nitrogens with two attached hydrogens (primary N) is 1. The Balaban J connectivity index is 1.92. The molecular formula is C16H17FN2O2. The SMILES string of the molecule is CC(N)c1ccc(OCC(=O)Nc2ccccc2)c(F)c1. The topological polar surface area (TPSA) is 64.3 Å². The summed E-state index contributed by atoms with van der Waals surface area (Å²) in [6.45, 7) is 1.51. The van der Waals surface area contributed by atoms with Gasteiger partial charge in [-0.1, -0.05) is 24.3 Å². The van der Waals surface area contributed by atoms with Gasteiger partial charge in [0.05, 0.1) is 0 Å². The first kappa shape index (κ1) is 15.0. The molecule has 110 valence electrons. The molecule has 0 aliphatic rings. The smallest absolute Gasteiger partial charge is 0.262 e.